The second kappa shape index (κ2) is 7.53. The predicted octanol–water partition coefficient (Wildman–Crippen LogP) is 3.49. The molecular formula is C19H20N4O2. The second-order valence-corrected chi connectivity index (χ2v) is 5.75. The van der Waals surface area contributed by atoms with Gasteiger partial charge in [0.25, 0.3) is 0 Å². The number of hydrogen-bond donors (Lipinski definition) is 4. The molecule has 1 heterocycles. The number of para-hydroxylation sites is 1. The van der Waals surface area contributed by atoms with Gasteiger partial charge >= 0.3 is 6.03 Å². The molecule has 0 aliphatic heterocycles. The Bertz CT molecular complexity index is 884. The number of H-pyrrole nitrogens is 1. The third-order valence-electron chi connectivity index (χ3n) is 3.82. The van der Waals surface area contributed by atoms with Gasteiger partial charge in [0, 0.05) is 41.9 Å². The predicted molar refractivity (Wildman–Crippen MR) is 99.8 cm³/mol. The Balaban J connectivity index is 1.49. The van der Waals surface area contributed by atoms with Crippen LogP contribution in [0.4, 0.5) is 16.2 Å². The van der Waals surface area contributed by atoms with Crippen LogP contribution in [0.15, 0.2) is 54.7 Å². The maximum atomic E-state index is 12.0. The zero-order valence-electron chi connectivity index (χ0n) is 13.9. The van der Waals surface area contributed by atoms with Crippen molar-refractivity contribution in [3.05, 3.63) is 60.3 Å². The summed E-state index contributed by atoms with van der Waals surface area (Å²) < 4.78 is 0. The van der Waals surface area contributed by atoms with Crippen LogP contribution in [0.5, 0.6) is 0 Å². The van der Waals surface area contributed by atoms with Crippen molar-refractivity contribution < 1.29 is 9.59 Å². The number of benzene rings is 2. The fourth-order valence-electron chi connectivity index (χ4n) is 2.66. The van der Waals surface area contributed by atoms with Gasteiger partial charge in [-0.3, -0.25) is 4.79 Å². The Labute approximate surface area is 145 Å². The van der Waals surface area contributed by atoms with E-state index in [1.165, 1.54) is 17.9 Å². The van der Waals surface area contributed by atoms with Crippen molar-refractivity contribution in [2.75, 3.05) is 17.2 Å². The number of aromatic amines is 1. The molecule has 3 amide bonds. The summed E-state index contributed by atoms with van der Waals surface area (Å²) in [6.45, 7) is 1.99. The lowest BCUT2D eigenvalue weighted by molar-refractivity contribution is -0.114. The highest BCUT2D eigenvalue weighted by atomic mass is 16.2. The number of carbonyl (C=O) groups excluding carboxylic acids is 2. The van der Waals surface area contributed by atoms with Crippen molar-refractivity contribution in [1.29, 1.82) is 0 Å². The molecule has 6 nitrogen and oxygen atoms in total. The van der Waals surface area contributed by atoms with Gasteiger partial charge in [-0.2, -0.15) is 0 Å². The molecule has 0 spiro atoms. The molecule has 0 saturated carbocycles. The smallest absolute Gasteiger partial charge is 0.319 e. The molecule has 0 aliphatic rings. The number of rotatable bonds is 5. The quantitative estimate of drug-likeness (QED) is 0.575. The molecule has 4 N–H and O–H groups in total. The van der Waals surface area contributed by atoms with E-state index in [9.17, 15) is 9.59 Å². The van der Waals surface area contributed by atoms with E-state index in [1.54, 1.807) is 24.3 Å². The highest BCUT2D eigenvalue weighted by molar-refractivity contribution is 5.91. The monoisotopic (exact) mass is 336 g/mol. The molecule has 0 fully saturated rings. The molecule has 0 unspecified atom stereocenters. The Hall–Kier alpha value is -3.28. The van der Waals surface area contributed by atoms with Gasteiger partial charge in [-0.15, -0.1) is 0 Å². The molecule has 3 rings (SSSR count). The van der Waals surface area contributed by atoms with E-state index in [4.69, 9.17) is 0 Å². The maximum absolute atomic E-state index is 12.0. The van der Waals surface area contributed by atoms with Crippen molar-refractivity contribution in [3.63, 3.8) is 0 Å². The molecule has 128 valence electrons. The zero-order chi connectivity index (χ0) is 17.6. The number of amides is 3. The SMILES string of the molecule is CC(=O)Nc1ccc(NC(=O)NCCc2c[nH]c3ccccc23)cc1. The fourth-order valence-corrected chi connectivity index (χ4v) is 2.66. The van der Waals surface area contributed by atoms with E-state index in [2.05, 4.69) is 27.0 Å². The van der Waals surface area contributed by atoms with Crippen molar-refractivity contribution in [2.45, 2.75) is 13.3 Å². The molecule has 0 bridgehead atoms. The molecule has 0 radical (unpaired) electrons. The lowest BCUT2D eigenvalue weighted by Crippen LogP contribution is -2.30. The molecule has 0 aliphatic carbocycles. The van der Waals surface area contributed by atoms with Crippen LogP contribution in [0.25, 0.3) is 10.9 Å². The van der Waals surface area contributed by atoms with Crippen LogP contribution in [0.1, 0.15) is 12.5 Å². The lowest BCUT2D eigenvalue weighted by atomic mass is 10.1. The fraction of sp³-hybridized carbons (Fsp3) is 0.158. The van der Waals surface area contributed by atoms with Crippen LogP contribution < -0.4 is 16.0 Å². The first-order valence-corrected chi connectivity index (χ1v) is 8.09. The van der Waals surface area contributed by atoms with E-state index < -0.39 is 0 Å². The first kappa shape index (κ1) is 16.6. The van der Waals surface area contributed by atoms with Crippen LogP contribution in [-0.2, 0) is 11.2 Å². The van der Waals surface area contributed by atoms with Crippen molar-refractivity contribution >= 4 is 34.2 Å². The van der Waals surface area contributed by atoms with Gasteiger partial charge in [-0.05, 0) is 42.3 Å². The van der Waals surface area contributed by atoms with Gasteiger partial charge < -0.3 is 20.9 Å². The number of aromatic nitrogens is 1. The molecule has 2 aromatic carbocycles. The van der Waals surface area contributed by atoms with Gasteiger partial charge in [0.05, 0.1) is 0 Å². The zero-order valence-corrected chi connectivity index (χ0v) is 13.9. The third-order valence-corrected chi connectivity index (χ3v) is 3.82. The van der Waals surface area contributed by atoms with E-state index in [0.29, 0.717) is 17.9 Å². The normalized spacial score (nSPS) is 10.4. The topological polar surface area (TPSA) is 86.0 Å². The largest absolute Gasteiger partial charge is 0.361 e. The summed E-state index contributed by atoms with van der Waals surface area (Å²) >= 11 is 0. The Morgan fingerprint density at radius 3 is 2.36 bits per heavy atom. The van der Waals surface area contributed by atoms with Gasteiger partial charge in [-0.1, -0.05) is 18.2 Å². The van der Waals surface area contributed by atoms with E-state index in [-0.39, 0.29) is 11.9 Å². The third kappa shape index (κ3) is 4.38. The average molecular weight is 336 g/mol. The standard InChI is InChI=1S/C19H20N4O2/c1-13(24)22-15-6-8-16(9-7-15)23-19(25)20-11-10-14-12-21-18-5-3-2-4-17(14)18/h2-9,12,21H,10-11H2,1H3,(H,22,24)(H2,20,23,25). The van der Waals surface area contributed by atoms with Crippen molar-refractivity contribution in [3.8, 4) is 0 Å². The maximum Gasteiger partial charge on any atom is 0.319 e. The summed E-state index contributed by atoms with van der Waals surface area (Å²) in [4.78, 5) is 26.2. The number of fused-ring (bicyclic) bond motifs is 1. The minimum Gasteiger partial charge on any atom is -0.361 e. The van der Waals surface area contributed by atoms with Crippen molar-refractivity contribution in [1.82, 2.24) is 10.3 Å². The summed E-state index contributed by atoms with van der Waals surface area (Å²) in [6.07, 6.45) is 2.73. The Morgan fingerprint density at radius 2 is 1.64 bits per heavy atom. The highest BCUT2D eigenvalue weighted by Crippen LogP contribution is 2.17. The van der Waals surface area contributed by atoms with E-state index >= 15 is 0 Å². The van der Waals surface area contributed by atoms with Crippen LogP contribution in [0.2, 0.25) is 0 Å². The molecule has 3 aromatic rings. The number of anilines is 2. The molecule has 0 saturated heterocycles. The van der Waals surface area contributed by atoms with Crippen LogP contribution in [-0.4, -0.2) is 23.5 Å². The summed E-state index contributed by atoms with van der Waals surface area (Å²) in [5.41, 5.74) is 3.63. The average Bonchev–Trinajstić information content (AvgIpc) is 3.00. The minimum atomic E-state index is -0.257. The lowest BCUT2D eigenvalue weighted by Gasteiger charge is -2.08. The summed E-state index contributed by atoms with van der Waals surface area (Å²) in [5.74, 6) is -0.129. The number of carbonyl (C=O) groups is 2. The van der Waals surface area contributed by atoms with Gasteiger partial charge in [-0.25, -0.2) is 4.79 Å². The molecule has 1 aromatic heterocycles. The van der Waals surface area contributed by atoms with Crippen LogP contribution >= 0.6 is 0 Å². The van der Waals surface area contributed by atoms with Gasteiger partial charge in [0.1, 0.15) is 0 Å². The molecule has 0 atom stereocenters. The van der Waals surface area contributed by atoms with Gasteiger partial charge in [0.15, 0.2) is 0 Å². The second-order valence-electron chi connectivity index (χ2n) is 5.75. The van der Waals surface area contributed by atoms with Crippen LogP contribution in [0, 0.1) is 0 Å². The summed E-state index contributed by atoms with van der Waals surface area (Å²) in [5, 5.41) is 9.47. The first-order chi connectivity index (χ1) is 12.1. The molecule has 25 heavy (non-hydrogen) atoms. The molecular weight excluding hydrogens is 316 g/mol. The Morgan fingerprint density at radius 1 is 0.960 bits per heavy atom. The van der Waals surface area contributed by atoms with Gasteiger partial charge in [0.2, 0.25) is 5.91 Å². The Kier molecular flexibility index (Phi) is 4.99. The van der Waals surface area contributed by atoms with E-state index in [0.717, 1.165) is 11.9 Å². The minimum absolute atomic E-state index is 0.129. The highest BCUT2D eigenvalue weighted by Gasteiger charge is 2.05. The molecule has 6 heteroatoms. The van der Waals surface area contributed by atoms with E-state index in [1.807, 2.05) is 24.4 Å². The number of hydrogen-bond acceptors (Lipinski definition) is 2. The first-order valence-electron chi connectivity index (χ1n) is 8.09. The number of urea groups is 1. The van der Waals surface area contributed by atoms with Crippen molar-refractivity contribution in [2.24, 2.45) is 0 Å². The van der Waals surface area contributed by atoms with Crippen LogP contribution in [0.3, 0.4) is 0 Å². The number of nitrogens with one attached hydrogen (secondary N) is 4. The summed E-state index contributed by atoms with van der Waals surface area (Å²) in [7, 11) is 0. The summed E-state index contributed by atoms with van der Waals surface area (Å²) in [6, 6.07) is 14.8.